The van der Waals surface area contributed by atoms with Crippen LogP contribution >= 0.6 is 0 Å². The lowest BCUT2D eigenvalue weighted by Gasteiger charge is -2.26. The number of nitrogens with one attached hydrogen (secondary N) is 1. The van der Waals surface area contributed by atoms with Crippen LogP contribution in [0.1, 0.15) is 0 Å². The van der Waals surface area contributed by atoms with E-state index in [9.17, 15) is 8.42 Å². The van der Waals surface area contributed by atoms with Crippen LogP contribution in [0, 0.1) is 0 Å². The summed E-state index contributed by atoms with van der Waals surface area (Å²) in [5, 5.41) is -0.0105. The number of rotatable bonds is 5. The van der Waals surface area contributed by atoms with Gasteiger partial charge in [-0.2, -0.15) is 0 Å². The van der Waals surface area contributed by atoms with Crippen LogP contribution in [0.3, 0.4) is 0 Å². The SMILES string of the molecule is Nc1ccc(S(=O)(=O)NCCN2CCOCC2)nc1. The first-order valence-corrected chi connectivity index (χ1v) is 7.57. The second-order valence-electron chi connectivity index (χ2n) is 4.28. The van der Waals surface area contributed by atoms with Gasteiger partial charge in [0.25, 0.3) is 10.0 Å². The van der Waals surface area contributed by atoms with E-state index in [4.69, 9.17) is 10.5 Å². The molecule has 3 N–H and O–H groups in total. The molecule has 0 spiro atoms. The van der Waals surface area contributed by atoms with Gasteiger partial charge < -0.3 is 10.5 Å². The van der Waals surface area contributed by atoms with Gasteiger partial charge in [0.1, 0.15) is 0 Å². The van der Waals surface area contributed by atoms with Crippen molar-refractivity contribution >= 4 is 15.7 Å². The van der Waals surface area contributed by atoms with Gasteiger partial charge in [0, 0.05) is 26.2 Å². The van der Waals surface area contributed by atoms with E-state index >= 15 is 0 Å². The summed E-state index contributed by atoms with van der Waals surface area (Å²) in [5.41, 5.74) is 5.91. The van der Waals surface area contributed by atoms with Gasteiger partial charge in [-0.05, 0) is 12.1 Å². The smallest absolute Gasteiger partial charge is 0.258 e. The molecule has 2 heterocycles. The van der Waals surface area contributed by atoms with Crippen LogP contribution in [0.2, 0.25) is 0 Å². The van der Waals surface area contributed by atoms with E-state index in [1.54, 1.807) is 0 Å². The molecule has 8 heteroatoms. The number of nitrogens with zero attached hydrogens (tertiary/aromatic N) is 2. The molecule has 0 saturated carbocycles. The zero-order valence-corrected chi connectivity index (χ0v) is 11.4. The Labute approximate surface area is 112 Å². The molecule has 0 bridgehead atoms. The molecular weight excluding hydrogens is 268 g/mol. The Hall–Kier alpha value is -1.22. The second-order valence-corrected chi connectivity index (χ2v) is 6.00. The lowest BCUT2D eigenvalue weighted by Crippen LogP contribution is -2.41. The minimum absolute atomic E-state index is 0.0105. The molecular formula is C11H18N4O3S. The molecule has 2 rings (SSSR count). The van der Waals surface area contributed by atoms with Crippen LogP contribution in [-0.4, -0.2) is 57.7 Å². The Morgan fingerprint density at radius 3 is 2.74 bits per heavy atom. The maximum Gasteiger partial charge on any atom is 0.258 e. The van der Waals surface area contributed by atoms with Crippen LogP contribution in [0.5, 0.6) is 0 Å². The van der Waals surface area contributed by atoms with Crippen molar-refractivity contribution in [2.24, 2.45) is 0 Å². The van der Waals surface area contributed by atoms with E-state index in [0.717, 1.165) is 13.1 Å². The number of nitrogen functional groups attached to an aromatic ring is 1. The van der Waals surface area contributed by atoms with Crippen LogP contribution in [0.25, 0.3) is 0 Å². The summed E-state index contributed by atoms with van der Waals surface area (Å²) in [5.74, 6) is 0. The number of aromatic nitrogens is 1. The van der Waals surface area contributed by atoms with Crippen molar-refractivity contribution in [3.05, 3.63) is 18.3 Å². The van der Waals surface area contributed by atoms with Crippen molar-refractivity contribution in [2.45, 2.75) is 5.03 Å². The van der Waals surface area contributed by atoms with Gasteiger partial charge in [-0.15, -0.1) is 0 Å². The van der Waals surface area contributed by atoms with Gasteiger partial charge in [0.2, 0.25) is 0 Å². The number of anilines is 1. The van der Waals surface area contributed by atoms with E-state index in [-0.39, 0.29) is 5.03 Å². The highest BCUT2D eigenvalue weighted by Gasteiger charge is 2.16. The third kappa shape index (κ3) is 4.13. The van der Waals surface area contributed by atoms with Crippen molar-refractivity contribution in [2.75, 3.05) is 45.1 Å². The molecule has 1 fully saturated rings. The number of nitrogens with two attached hydrogens (primary N) is 1. The Morgan fingerprint density at radius 1 is 1.37 bits per heavy atom. The molecule has 1 aromatic rings. The third-order valence-corrected chi connectivity index (χ3v) is 4.23. The summed E-state index contributed by atoms with van der Waals surface area (Å²) < 4.78 is 31.6. The first kappa shape index (κ1) is 14.2. The Bertz CT molecular complexity index is 497. The number of pyridine rings is 1. The largest absolute Gasteiger partial charge is 0.397 e. The monoisotopic (exact) mass is 286 g/mol. The van der Waals surface area contributed by atoms with Crippen molar-refractivity contribution in [1.82, 2.24) is 14.6 Å². The maximum absolute atomic E-state index is 11.9. The minimum atomic E-state index is -3.55. The number of hydrogen-bond donors (Lipinski definition) is 2. The summed E-state index contributed by atoms with van der Waals surface area (Å²) in [7, 11) is -3.55. The summed E-state index contributed by atoms with van der Waals surface area (Å²) in [6.07, 6.45) is 1.33. The van der Waals surface area contributed by atoms with Crippen molar-refractivity contribution in [3.8, 4) is 0 Å². The lowest BCUT2D eigenvalue weighted by molar-refractivity contribution is 0.0390. The van der Waals surface area contributed by atoms with Gasteiger partial charge in [0.15, 0.2) is 5.03 Å². The summed E-state index contributed by atoms with van der Waals surface area (Å²) in [6, 6.07) is 2.91. The molecule has 1 saturated heterocycles. The lowest BCUT2D eigenvalue weighted by atomic mass is 10.4. The molecule has 0 atom stereocenters. The van der Waals surface area contributed by atoms with Gasteiger partial charge in [0.05, 0.1) is 25.1 Å². The van der Waals surface area contributed by atoms with E-state index in [2.05, 4.69) is 14.6 Å². The van der Waals surface area contributed by atoms with Crippen molar-refractivity contribution in [1.29, 1.82) is 0 Å². The quantitative estimate of drug-likeness (QED) is 0.741. The van der Waals surface area contributed by atoms with Crippen molar-refractivity contribution < 1.29 is 13.2 Å². The predicted octanol–water partition coefficient (Wildman–Crippen LogP) is -0.726. The number of sulfonamides is 1. The van der Waals surface area contributed by atoms with Crippen LogP contribution in [-0.2, 0) is 14.8 Å². The second kappa shape index (κ2) is 6.29. The molecule has 1 aromatic heterocycles. The standard InChI is InChI=1S/C11H18N4O3S/c12-10-1-2-11(13-9-10)19(16,17)14-3-4-15-5-7-18-8-6-15/h1-2,9,14H,3-8,12H2. The highest BCUT2D eigenvalue weighted by atomic mass is 32.2. The Morgan fingerprint density at radius 2 is 2.11 bits per heavy atom. The number of morpholine rings is 1. The first-order chi connectivity index (χ1) is 9.08. The number of ether oxygens (including phenoxy) is 1. The first-order valence-electron chi connectivity index (χ1n) is 6.09. The topological polar surface area (TPSA) is 97.5 Å². The fourth-order valence-electron chi connectivity index (χ4n) is 1.79. The van der Waals surface area contributed by atoms with Crippen LogP contribution in [0.4, 0.5) is 5.69 Å². The molecule has 0 unspecified atom stereocenters. The molecule has 0 radical (unpaired) electrons. The van der Waals surface area contributed by atoms with Crippen LogP contribution < -0.4 is 10.5 Å². The molecule has 0 aromatic carbocycles. The molecule has 106 valence electrons. The maximum atomic E-state index is 11.9. The van der Waals surface area contributed by atoms with E-state index < -0.39 is 10.0 Å². The molecule has 1 aliphatic heterocycles. The summed E-state index contributed by atoms with van der Waals surface area (Å²) >= 11 is 0. The average Bonchev–Trinajstić information content (AvgIpc) is 2.40. The normalized spacial score (nSPS) is 17.5. The minimum Gasteiger partial charge on any atom is -0.397 e. The van der Waals surface area contributed by atoms with Gasteiger partial charge in [-0.1, -0.05) is 0 Å². The summed E-state index contributed by atoms with van der Waals surface area (Å²) in [4.78, 5) is 5.96. The molecule has 0 aliphatic carbocycles. The Kier molecular flexibility index (Phi) is 4.70. The van der Waals surface area contributed by atoms with E-state index in [0.29, 0.717) is 32.0 Å². The highest BCUT2D eigenvalue weighted by molar-refractivity contribution is 7.89. The fourth-order valence-corrected chi connectivity index (χ4v) is 2.73. The van der Waals surface area contributed by atoms with Gasteiger partial charge in [-0.3, -0.25) is 4.90 Å². The van der Waals surface area contributed by atoms with E-state index in [1.807, 2.05) is 0 Å². The highest BCUT2D eigenvalue weighted by Crippen LogP contribution is 2.07. The molecule has 0 amide bonds. The van der Waals surface area contributed by atoms with Crippen LogP contribution in [0.15, 0.2) is 23.4 Å². The zero-order valence-electron chi connectivity index (χ0n) is 10.6. The predicted molar refractivity (Wildman–Crippen MR) is 71.1 cm³/mol. The Balaban J connectivity index is 1.85. The third-order valence-electron chi connectivity index (χ3n) is 2.86. The zero-order chi connectivity index (χ0) is 13.7. The number of hydrogen-bond acceptors (Lipinski definition) is 6. The van der Waals surface area contributed by atoms with E-state index in [1.165, 1.54) is 18.3 Å². The molecule has 7 nitrogen and oxygen atoms in total. The van der Waals surface area contributed by atoms with Crippen molar-refractivity contribution in [3.63, 3.8) is 0 Å². The van der Waals surface area contributed by atoms with Gasteiger partial charge in [-0.25, -0.2) is 18.1 Å². The summed E-state index contributed by atoms with van der Waals surface area (Å²) in [6.45, 7) is 4.09. The molecule has 1 aliphatic rings. The average molecular weight is 286 g/mol. The molecule has 19 heavy (non-hydrogen) atoms. The fraction of sp³-hybridized carbons (Fsp3) is 0.545. The van der Waals surface area contributed by atoms with Gasteiger partial charge >= 0.3 is 0 Å².